The highest BCUT2D eigenvalue weighted by molar-refractivity contribution is 9.10. The maximum atomic E-state index is 13.6. The molecule has 0 spiro atoms. The Morgan fingerprint density at radius 3 is 2.79 bits per heavy atom. The van der Waals surface area contributed by atoms with Crippen LogP contribution >= 0.6 is 39.3 Å². The molecule has 0 atom stereocenters. The first-order chi connectivity index (χ1) is 8.97. The van der Waals surface area contributed by atoms with Crippen molar-refractivity contribution in [3.8, 4) is 0 Å². The minimum Gasteiger partial charge on any atom is -0.478 e. The zero-order chi connectivity index (χ0) is 14.0. The Labute approximate surface area is 125 Å². The van der Waals surface area contributed by atoms with E-state index < -0.39 is 11.8 Å². The van der Waals surface area contributed by atoms with Gasteiger partial charge in [-0.15, -0.1) is 0 Å². The molecule has 0 unspecified atom stereocenters. The number of aromatic nitrogens is 1. The number of hydrogen-bond donors (Lipinski definition) is 1. The van der Waals surface area contributed by atoms with Crippen molar-refractivity contribution in [1.82, 2.24) is 4.98 Å². The third kappa shape index (κ3) is 3.46. The molecule has 0 saturated heterocycles. The van der Waals surface area contributed by atoms with Crippen LogP contribution in [0.4, 0.5) is 4.39 Å². The molecule has 3 nitrogen and oxygen atoms in total. The van der Waals surface area contributed by atoms with Gasteiger partial charge in [0.1, 0.15) is 10.8 Å². The monoisotopic (exact) mass is 361 g/mol. The SMILES string of the molecule is O=C(O)c1ccc(F)c(Sc2ncc(Cl)cc2Br)c1. The highest BCUT2D eigenvalue weighted by atomic mass is 79.9. The fourth-order valence-electron chi connectivity index (χ4n) is 1.30. The topological polar surface area (TPSA) is 50.2 Å². The van der Waals surface area contributed by atoms with Crippen LogP contribution in [0.1, 0.15) is 10.4 Å². The van der Waals surface area contributed by atoms with E-state index in [1.165, 1.54) is 18.3 Å². The number of pyridine rings is 1. The van der Waals surface area contributed by atoms with Crippen LogP contribution in [0, 0.1) is 5.82 Å². The Balaban J connectivity index is 2.37. The van der Waals surface area contributed by atoms with E-state index in [4.69, 9.17) is 16.7 Å². The van der Waals surface area contributed by atoms with Crippen LogP contribution in [0.15, 0.2) is 44.9 Å². The molecule has 0 radical (unpaired) electrons. The Morgan fingerprint density at radius 2 is 2.16 bits per heavy atom. The molecule has 0 aliphatic rings. The number of aromatic carboxylic acids is 1. The first-order valence-electron chi connectivity index (χ1n) is 4.99. The van der Waals surface area contributed by atoms with Crippen LogP contribution in [0.3, 0.4) is 0 Å². The van der Waals surface area contributed by atoms with E-state index in [1.54, 1.807) is 6.07 Å². The fraction of sp³-hybridized carbons (Fsp3) is 0. The maximum Gasteiger partial charge on any atom is 0.335 e. The van der Waals surface area contributed by atoms with Crippen molar-refractivity contribution < 1.29 is 14.3 Å². The van der Waals surface area contributed by atoms with E-state index in [2.05, 4.69) is 20.9 Å². The highest BCUT2D eigenvalue weighted by Gasteiger charge is 2.12. The number of benzene rings is 1. The summed E-state index contributed by atoms with van der Waals surface area (Å²) in [5.74, 6) is -1.61. The van der Waals surface area contributed by atoms with Gasteiger partial charge in [-0.1, -0.05) is 23.4 Å². The third-order valence-electron chi connectivity index (χ3n) is 2.16. The van der Waals surface area contributed by atoms with Gasteiger partial charge in [0.2, 0.25) is 0 Å². The Hall–Kier alpha value is -1.11. The van der Waals surface area contributed by atoms with Crippen molar-refractivity contribution in [3.05, 3.63) is 51.3 Å². The molecular weight excluding hydrogens is 357 g/mol. The summed E-state index contributed by atoms with van der Waals surface area (Å²) in [4.78, 5) is 15.1. The van der Waals surface area contributed by atoms with Crippen molar-refractivity contribution in [2.75, 3.05) is 0 Å². The van der Waals surface area contributed by atoms with Gasteiger partial charge in [-0.05, 0) is 40.2 Å². The molecule has 1 aromatic heterocycles. The van der Waals surface area contributed by atoms with Crippen molar-refractivity contribution in [2.24, 2.45) is 0 Å². The lowest BCUT2D eigenvalue weighted by Gasteiger charge is -2.06. The Bertz CT molecular complexity index is 654. The molecule has 0 saturated carbocycles. The lowest BCUT2D eigenvalue weighted by atomic mass is 10.2. The maximum absolute atomic E-state index is 13.6. The van der Waals surface area contributed by atoms with Crippen LogP contribution in [0.5, 0.6) is 0 Å². The zero-order valence-electron chi connectivity index (χ0n) is 9.23. The quantitative estimate of drug-likeness (QED) is 0.874. The predicted octanol–water partition coefficient (Wildman–Crippen LogP) is 4.49. The summed E-state index contributed by atoms with van der Waals surface area (Å²) in [5.41, 5.74) is 0.0222. The fourth-order valence-corrected chi connectivity index (χ4v) is 3.00. The number of carbonyl (C=O) groups is 1. The van der Waals surface area contributed by atoms with Crippen LogP contribution < -0.4 is 0 Å². The molecule has 1 aromatic carbocycles. The number of halogens is 3. The van der Waals surface area contributed by atoms with E-state index in [0.717, 1.165) is 17.8 Å². The van der Waals surface area contributed by atoms with Crippen LogP contribution in [-0.2, 0) is 0 Å². The molecule has 0 aliphatic carbocycles. The smallest absolute Gasteiger partial charge is 0.335 e. The van der Waals surface area contributed by atoms with Crippen molar-refractivity contribution in [1.29, 1.82) is 0 Å². The Kier molecular flexibility index (Phi) is 4.44. The van der Waals surface area contributed by atoms with Crippen LogP contribution in [0.2, 0.25) is 5.02 Å². The summed E-state index contributed by atoms with van der Waals surface area (Å²) in [5, 5.41) is 9.84. The molecule has 1 heterocycles. The molecule has 2 aromatic rings. The molecule has 0 amide bonds. The lowest BCUT2D eigenvalue weighted by molar-refractivity contribution is 0.0696. The minimum absolute atomic E-state index is 0.0222. The van der Waals surface area contributed by atoms with Crippen molar-refractivity contribution in [2.45, 2.75) is 9.92 Å². The number of hydrogen-bond acceptors (Lipinski definition) is 3. The number of nitrogens with zero attached hydrogens (tertiary/aromatic N) is 1. The lowest BCUT2D eigenvalue weighted by Crippen LogP contribution is -1.97. The third-order valence-corrected chi connectivity index (χ3v) is 4.28. The average Bonchev–Trinajstić information content (AvgIpc) is 2.34. The summed E-state index contributed by atoms with van der Waals surface area (Å²) in [6.07, 6.45) is 1.44. The van der Waals surface area contributed by atoms with Crippen LogP contribution in [0.25, 0.3) is 0 Å². The van der Waals surface area contributed by atoms with E-state index in [1.807, 2.05) is 0 Å². The molecule has 2 rings (SSSR count). The van der Waals surface area contributed by atoms with Crippen LogP contribution in [-0.4, -0.2) is 16.1 Å². The molecule has 0 bridgehead atoms. The normalized spacial score (nSPS) is 10.5. The standard InChI is InChI=1S/C12H6BrClFNO2S/c13-8-4-7(14)5-16-11(8)19-10-3-6(12(17)18)1-2-9(10)15/h1-5H,(H,17,18). The summed E-state index contributed by atoms with van der Waals surface area (Å²) in [6.45, 7) is 0. The molecule has 98 valence electrons. The number of carboxylic acids is 1. The van der Waals surface area contributed by atoms with Crippen molar-refractivity contribution in [3.63, 3.8) is 0 Å². The molecule has 7 heteroatoms. The van der Waals surface area contributed by atoms with E-state index in [9.17, 15) is 9.18 Å². The highest BCUT2D eigenvalue weighted by Crippen LogP contribution is 2.34. The van der Waals surface area contributed by atoms with Gasteiger partial charge >= 0.3 is 5.97 Å². The van der Waals surface area contributed by atoms with Crippen molar-refractivity contribution >= 4 is 45.3 Å². The van der Waals surface area contributed by atoms with E-state index in [0.29, 0.717) is 14.5 Å². The molecular formula is C12H6BrClFNO2S. The van der Waals surface area contributed by atoms with Gasteiger partial charge < -0.3 is 5.11 Å². The van der Waals surface area contributed by atoms with Gasteiger partial charge in [-0.2, -0.15) is 0 Å². The zero-order valence-corrected chi connectivity index (χ0v) is 12.4. The molecule has 1 N–H and O–H groups in total. The van der Waals surface area contributed by atoms with Gasteiger partial charge in [0.25, 0.3) is 0 Å². The summed E-state index contributed by atoms with van der Waals surface area (Å²) in [6, 6.07) is 5.24. The second kappa shape index (κ2) is 5.90. The van der Waals surface area contributed by atoms with Gasteiger partial charge in [-0.25, -0.2) is 14.2 Å². The number of rotatable bonds is 3. The summed E-state index contributed by atoms with van der Waals surface area (Å²) >= 11 is 10.1. The molecule has 19 heavy (non-hydrogen) atoms. The van der Waals surface area contributed by atoms with E-state index in [-0.39, 0.29) is 10.5 Å². The molecule has 0 fully saturated rings. The molecule has 0 aliphatic heterocycles. The second-order valence-corrected chi connectivity index (χ2v) is 5.81. The van der Waals surface area contributed by atoms with Gasteiger partial charge in [0.15, 0.2) is 0 Å². The number of carboxylic acid groups (broad SMARTS) is 1. The van der Waals surface area contributed by atoms with Gasteiger partial charge in [-0.3, -0.25) is 0 Å². The minimum atomic E-state index is -1.11. The Morgan fingerprint density at radius 1 is 1.42 bits per heavy atom. The second-order valence-electron chi connectivity index (χ2n) is 3.49. The van der Waals surface area contributed by atoms with Gasteiger partial charge in [0, 0.05) is 6.20 Å². The van der Waals surface area contributed by atoms with Gasteiger partial charge in [0.05, 0.1) is 20.0 Å². The summed E-state index contributed by atoms with van der Waals surface area (Å²) in [7, 11) is 0. The summed E-state index contributed by atoms with van der Waals surface area (Å²) < 4.78 is 14.3. The van der Waals surface area contributed by atoms with E-state index >= 15 is 0 Å². The largest absolute Gasteiger partial charge is 0.478 e. The first kappa shape index (κ1) is 14.3. The first-order valence-corrected chi connectivity index (χ1v) is 6.98. The average molecular weight is 363 g/mol. The predicted molar refractivity (Wildman–Crippen MR) is 74.4 cm³/mol.